The van der Waals surface area contributed by atoms with Crippen molar-refractivity contribution in [1.29, 1.82) is 0 Å². The molecule has 0 aromatic carbocycles. The third-order valence-corrected chi connectivity index (χ3v) is 2.68. The summed E-state index contributed by atoms with van der Waals surface area (Å²) in [5, 5.41) is 0. The van der Waals surface area contributed by atoms with Crippen LogP contribution in [0.3, 0.4) is 0 Å². The van der Waals surface area contributed by atoms with E-state index in [9.17, 15) is 9.59 Å². The molecule has 0 bridgehead atoms. The Morgan fingerprint density at radius 1 is 1.50 bits per heavy atom. The van der Waals surface area contributed by atoms with E-state index in [1.54, 1.807) is 14.0 Å². The van der Waals surface area contributed by atoms with Gasteiger partial charge in [-0.25, -0.2) is 4.79 Å². The van der Waals surface area contributed by atoms with Crippen LogP contribution in [0.4, 0.5) is 0 Å². The Bertz CT molecular complexity index is 490. The lowest BCUT2D eigenvalue weighted by atomic mass is 10.3. The van der Waals surface area contributed by atoms with Gasteiger partial charge in [-0.15, -0.1) is 0 Å². The van der Waals surface area contributed by atoms with Crippen molar-refractivity contribution < 1.29 is 9.47 Å². The second kappa shape index (κ2) is 4.23. The topological polar surface area (TPSA) is 73.3 Å². The molecule has 0 radical (unpaired) electrons. The van der Waals surface area contributed by atoms with Crippen LogP contribution in [0.2, 0.25) is 0 Å². The first-order chi connectivity index (χ1) is 7.61. The summed E-state index contributed by atoms with van der Waals surface area (Å²) in [5.74, 6) is 0. The summed E-state index contributed by atoms with van der Waals surface area (Å²) in [5.41, 5.74) is -0.316. The van der Waals surface area contributed by atoms with Gasteiger partial charge in [0.15, 0.2) is 6.29 Å². The average Bonchev–Trinajstić information content (AvgIpc) is 2.71. The molecule has 2 heterocycles. The van der Waals surface area contributed by atoms with Gasteiger partial charge in [-0.05, 0) is 13.3 Å². The van der Waals surface area contributed by atoms with Crippen molar-refractivity contribution in [2.75, 3.05) is 7.11 Å². The van der Waals surface area contributed by atoms with Crippen LogP contribution in [-0.4, -0.2) is 23.0 Å². The Labute approximate surface area is 91.8 Å². The number of ether oxygens (including phenoxy) is 2. The zero-order chi connectivity index (χ0) is 11.7. The summed E-state index contributed by atoms with van der Waals surface area (Å²) < 4.78 is 11.9. The lowest BCUT2D eigenvalue weighted by Gasteiger charge is -2.14. The second-order valence-electron chi connectivity index (χ2n) is 3.81. The number of nitrogens with zero attached hydrogens (tertiary/aromatic N) is 1. The number of aromatic amines is 1. The highest BCUT2D eigenvalue weighted by Crippen LogP contribution is 2.26. The van der Waals surface area contributed by atoms with Crippen LogP contribution in [0.5, 0.6) is 0 Å². The maximum absolute atomic E-state index is 11.6. The molecule has 0 saturated carbocycles. The minimum atomic E-state index is -0.447. The number of nitrogens with one attached hydrogen (secondary N) is 1. The number of rotatable bonds is 2. The van der Waals surface area contributed by atoms with Gasteiger partial charge in [0.1, 0.15) is 6.23 Å². The Hall–Kier alpha value is -1.40. The van der Waals surface area contributed by atoms with Crippen LogP contribution in [-0.2, 0) is 9.47 Å². The Balaban J connectivity index is 2.32. The monoisotopic (exact) mass is 226 g/mol. The molecule has 1 fully saturated rings. The minimum Gasteiger partial charge on any atom is -0.356 e. The Morgan fingerprint density at radius 3 is 2.88 bits per heavy atom. The molecule has 6 heteroatoms. The van der Waals surface area contributed by atoms with E-state index in [1.807, 2.05) is 0 Å². The van der Waals surface area contributed by atoms with E-state index in [0.29, 0.717) is 12.0 Å². The highest BCUT2D eigenvalue weighted by Gasteiger charge is 2.27. The van der Waals surface area contributed by atoms with Gasteiger partial charge in [0, 0.05) is 25.3 Å². The second-order valence-corrected chi connectivity index (χ2v) is 3.81. The summed E-state index contributed by atoms with van der Waals surface area (Å²) in [6, 6.07) is 0. The van der Waals surface area contributed by atoms with Crippen LogP contribution < -0.4 is 11.2 Å². The van der Waals surface area contributed by atoms with Gasteiger partial charge in [0.05, 0.1) is 0 Å². The molecular weight excluding hydrogens is 212 g/mol. The fourth-order valence-electron chi connectivity index (χ4n) is 1.77. The maximum atomic E-state index is 11.6. The van der Waals surface area contributed by atoms with E-state index in [2.05, 4.69) is 4.98 Å². The summed E-state index contributed by atoms with van der Waals surface area (Å²) in [6.45, 7) is 1.65. The van der Waals surface area contributed by atoms with Crippen molar-refractivity contribution in [2.45, 2.75) is 32.3 Å². The molecule has 1 aromatic rings. The summed E-state index contributed by atoms with van der Waals surface area (Å²) in [4.78, 5) is 25.0. The summed E-state index contributed by atoms with van der Waals surface area (Å²) in [7, 11) is 1.56. The van der Waals surface area contributed by atoms with Crippen molar-refractivity contribution >= 4 is 0 Å². The number of hydrogen-bond donors (Lipinski definition) is 1. The fraction of sp³-hybridized carbons (Fsp3) is 0.600. The number of aryl methyl sites for hydroxylation is 1. The van der Waals surface area contributed by atoms with Gasteiger partial charge in [-0.1, -0.05) is 0 Å². The number of H-pyrrole nitrogens is 1. The molecule has 1 N–H and O–H groups in total. The first-order valence-electron chi connectivity index (χ1n) is 5.12. The van der Waals surface area contributed by atoms with Crippen LogP contribution in [0.1, 0.15) is 24.6 Å². The third kappa shape index (κ3) is 1.94. The van der Waals surface area contributed by atoms with Crippen molar-refractivity contribution in [3.8, 4) is 0 Å². The van der Waals surface area contributed by atoms with E-state index < -0.39 is 5.69 Å². The number of hydrogen-bond acceptors (Lipinski definition) is 4. The molecule has 1 aromatic heterocycles. The fourth-order valence-corrected chi connectivity index (χ4v) is 1.77. The molecule has 1 aliphatic rings. The largest absolute Gasteiger partial charge is 0.356 e. The highest BCUT2D eigenvalue weighted by atomic mass is 16.7. The van der Waals surface area contributed by atoms with Crippen LogP contribution in [0.25, 0.3) is 0 Å². The molecule has 0 aliphatic carbocycles. The standard InChI is InChI=1S/C10H14N2O4/c1-6-5-12(10(14)11-9(6)13)7-3-4-8(15-2)16-7/h5,7-8H,3-4H2,1-2H3,(H,11,13,14). The predicted molar refractivity (Wildman–Crippen MR) is 56.2 cm³/mol. The molecule has 0 amide bonds. The maximum Gasteiger partial charge on any atom is 0.330 e. The van der Waals surface area contributed by atoms with Gasteiger partial charge in [-0.2, -0.15) is 0 Å². The molecule has 0 spiro atoms. The molecule has 16 heavy (non-hydrogen) atoms. The molecule has 1 aliphatic heterocycles. The van der Waals surface area contributed by atoms with Crippen molar-refractivity contribution in [3.63, 3.8) is 0 Å². The Morgan fingerprint density at radius 2 is 2.25 bits per heavy atom. The quantitative estimate of drug-likeness (QED) is 0.777. The minimum absolute atomic E-state index is 0.274. The van der Waals surface area contributed by atoms with E-state index in [-0.39, 0.29) is 18.1 Å². The number of aromatic nitrogens is 2. The van der Waals surface area contributed by atoms with Gasteiger partial charge in [0.2, 0.25) is 0 Å². The third-order valence-electron chi connectivity index (χ3n) is 2.68. The van der Waals surface area contributed by atoms with Gasteiger partial charge in [0.25, 0.3) is 5.56 Å². The Kier molecular flexibility index (Phi) is 2.93. The van der Waals surface area contributed by atoms with Crippen molar-refractivity contribution in [1.82, 2.24) is 9.55 Å². The molecule has 2 rings (SSSR count). The first kappa shape index (κ1) is 11.1. The lowest BCUT2D eigenvalue weighted by Crippen LogP contribution is -2.33. The van der Waals surface area contributed by atoms with E-state index in [1.165, 1.54) is 10.8 Å². The predicted octanol–water partition coefficient (Wildman–Crippen LogP) is 0.127. The molecular formula is C10H14N2O4. The van der Waals surface area contributed by atoms with Crippen LogP contribution >= 0.6 is 0 Å². The normalized spacial score (nSPS) is 24.9. The molecule has 1 saturated heterocycles. The van der Waals surface area contributed by atoms with Gasteiger partial charge in [-0.3, -0.25) is 14.3 Å². The smallest absolute Gasteiger partial charge is 0.330 e. The zero-order valence-corrected chi connectivity index (χ0v) is 9.23. The van der Waals surface area contributed by atoms with Gasteiger partial charge < -0.3 is 9.47 Å². The molecule has 88 valence electrons. The van der Waals surface area contributed by atoms with Crippen molar-refractivity contribution in [3.05, 3.63) is 32.6 Å². The SMILES string of the molecule is COC1CCC(n2cc(C)c(=O)[nH]c2=O)O1. The van der Waals surface area contributed by atoms with E-state index >= 15 is 0 Å². The van der Waals surface area contributed by atoms with Crippen molar-refractivity contribution in [2.24, 2.45) is 0 Å². The van der Waals surface area contributed by atoms with Crippen LogP contribution in [0.15, 0.2) is 15.8 Å². The average molecular weight is 226 g/mol. The first-order valence-corrected chi connectivity index (χ1v) is 5.12. The molecule has 2 atom stereocenters. The van der Waals surface area contributed by atoms with Gasteiger partial charge >= 0.3 is 5.69 Å². The molecule has 6 nitrogen and oxygen atoms in total. The molecule has 2 unspecified atom stereocenters. The van der Waals surface area contributed by atoms with E-state index in [4.69, 9.17) is 9.47 Å². The number of methoxy groups -OCH3 is 1. The summed E-state index contributed by atoms with van der Waals surface area (Å²) >= 11 is 0. The van der Waals surface area contributed by atoms with E-state index in [0.717, 1.165) is 6.42 Å². The van der Waals surface area contributed by atoms with Crippen LogP contribution in [0, 0.1) is 6.92 Å². The zero-order valence-electron chi connectivity index (χ0n) is 9.23. The highest BCUT2D eigenvalue weighted by molar-refractivity contribution is 5.01. The summed E-state index contributed by atoms with van der Waals surface area (Å²) in [6.07, 6.45) is 2.33. The lowest BCUT2D eigenvalue weighted by molar-refractivity contribution is -0.134.